The lowest BCUT2D eigenvalue weighted by Gasteiger charge is -2.17. The van der Waals surface area contributed by atoms with Gasteiger partial charge in [-0.05, 0) is 30.7 Å². The van der Waals surface area contributed by atoms with Crippen LogP contribution in [-0.4, -0.2) is 17.9 Å². The van der Waals surface area contributed by atoms with E-state index in [-0.39, 0.29) is 11.3 Å². The molecule has 102 valence electrons. The van der Waals surface area contributed by atoms with Crippen LogP contribution in [0.5, 0.6) is 0 Å². The molecule has 5 nitrogen and oxygen atoms in total. The maximum atomic E-state index is 12.4. The number of nitrogens with zero attached hydrogens (tertiary/aromatic N) is 2. The Morgan fingerprint density at radius 1 is 1.15 bits per heavy atom. The SMILES string of the molecule is Cc1cccc(N(C)C(=O)c2ccccc2[N+](=O)[O-])c1. The first-order valence-corrected chi connectivity index (χ1v) is 6.09. The van der Waals surface area contributed by atoms with Gasteiger partial charge in [0.05, 0.1) is 4.92 Å². The second kappa shape index (κ2) is 5.52. The van der Waals surface area contributed by atoms with Crippen molar-refractivity contribution in [2.75, 3.05) is 11.9 Å². The number of aryl methyl sites for hydroxylation is 1. The van der Waals surface area contributed by atoms with Crippen LogP contribution in [0.1, 0.15) is 15.9 Å². The number of nitro groups is 1. The minimum absolute atomic E-state index is 0.0847. The van der Waals surface area contributed by atoms with Crippen molar-refractivity contribution in [1.82, 2.24) is 0 Å². The molecule has 0 spiro atoms. The lowest BCUT2D eigenvalue weighted by Crippen LogP contribution is -2.26. The molecule has 0 aliphatic heterocycles. The van der Waals surface area contributed by atoms with Gasteiger partial charge in [0.1, 0.15) is 5.56 Å². The number of anilines is 1. The standard InChI is InChI=1S/C15H14N2O3/c1-11-6-5-7-12(10-11)16(2)15(18)13-8-3-4-9-14(13)17(19)20/h3-10H,1-2H3. The van der Waals surface area contributed by atoms with E-state index in [0.29, 0.717) is 5.69 Å². The van der Waals surface area contributed by atoms with Crippen molar-refractivity contribution in [3.8, 4) is 0 Å². The van der Waals surface area contributed by atoms with Gasteiger partial charge in [-0.2, -0.15) is 0 Å². The van der Waals surface area contributed by atoms with E-state index >= 15 is 0 Å². The zero-order valence-electron chi connectivity index (χ0n) is 11.2. The molecule has 0 bridgehead atoms. The molecule has 0 atom stereocenters. The monoisotopic (exact) mass is 270 g/mol. The number of para-hydroxylation sites is 1. The number of hydrogen-bond acceptors (Lipinski definition) is 3. The summed E-state index contributed by atoms with van der Waals surface area (Å²) in [6, 6.07) is 13.4. The fourth-order valence-electron chi connectivity index (χ4n) is 1.95. The van der Waals surface area contributed by atoms with E-state index in [1.807, 2.05) is 25.1 Å². The molecule has 0 saturated carbocycles. The third-order valence-corrected chi connectivity index (χ3v) is 3.02. The average Bonchev–Trinajstić information content (AvgIpc) is 2.45. The molecule has 2 aromatic carbocycles. The number of carbonyl (C=O) groups is 1. The number of nitro benzene ring substituents is 1. The lowest BCUT2D eigenvalue weighted by atomic mass is 10.1. The third kappa shape index (κ3) is 2.66. The highest BCUT2D eigenvalue weighted by atomic mass is 16.6. The number of rotatable bonds is 3. The third-order valence-electron chi connectivity index (χ3n) is 3.02. The zero-order chi connectivity index (χ0) is 14.7. The molecule has 0 aromatic heterocycles. The van der Waals surface area contributed by atoms with Crippen molar-refractivity contribution < 1.29 is 9.72 Å². The Morgan fingerprint density at radius 2 is 1.85 bits per heavy atom. The average molecular weight is 270 g/mol. The highest BCUT2D eigenvalue weighted by Gasteiger charge is 2.22. The van der Waals surface area contributed by atoms with Crippen molar-refractivity contribution >= 4 is 17.3 Å². The molecule has 0 aliphatic carbocycles. The van der Waals surface area contributed by atoms with E-state index in [0.717, 1.165) is 5.56 Å². The Bertz CT molecular complexity index is 668. The fraction of sp³-hybridized carbons (Fsp3) is 0.133. The van der Waals surface area contributed by atoms with Gasteiger partial charge >= 0.3 is 0 Å². The molecule has 0 fully saturated rings. The Labute approximate surface area is 116 Å². The molecule has 0 aliphatic rings. The van der Waals surface area contributed by atoms with Gasteiger partial charge in [-0.1, -0.05) is 24.3 Å². The van der Waals surface area contributed by atoms with Crippen molar-refractivity contribution in [1.29, 1.82) is 0 Å². The molecule has 1 amide bonds. The lowest BCUT2D eigenvalue weighted by molar-refractivity contribution is -0.385. The topological polar surface area (TPSA) is 63.5 Å². The Morgan fingerprint density at radius 3 is 2.50 bits per heavy atom. The molecule has 20 heavy (non-hydrogen) atoms. The van der Waals surface area contributed by atoms with E-state index in [1.54, 1.807) is 25.2 Å². The summed E-state index contributed by atoms with van der Waals surface area (Å²) in [5, 5.41) is 11.0. The summed E-state index contributed by atoms with van der Waals surface area (Å²) in [5.41, 5.74) is 1.62. The number of carbonyl (C=O) groups excluding carboxylic acids is 1. The zero-order valence-corrected chi connectivity index (χ0v) is 11.2. The quantitative estimate of drug-likeness (QED) is 0.635. The van der Waals surface area contributed by atoms with Gasteiger partial charge in [-0.15, -0.1) is 0 Å². The smallest absolute Gasteiger partial charge is 0.282 e. The summed E-state index contributed by atoms with van der Waals surface area (Å²) in [5.74, 6) is -0.400. The van der Waals surface area contributed by atoms with E-state index in [4.69, 9.17) is 0 Å². The molecule has 0 heterocycles. The van der Waals surface area contributed by atoms with E-state index in [9.17, 15) is 14.9 Å². The summed E-state index contributed by atoms with van der Waals surface area (Å²) in [6.45, 7) is 1.92. The van der Waals surface area contributed by atoms with Gasteiger partial charge in [0.15, 0.2) is 0 Å². The van der Waals surface area contributed by atoms with Gasteiger partial charge in [-0.3, -0.25) is 14.9 Å². The van der Waals surface area contributed by atoms with Crippen molar-refractivity contribution in [3.63, 3.8) is 0 Å². The predicted octanol–water partition coefficient (Wildman–Crippen LogP) is 3.18. The van der Waals surface area contributed by atoms with Crippen LogP contribution in [-0.2, 0) is 0 Å². The van der Waals surface area contributed by atoms with Crippen LogP contribution in [0.3, 0.4) is 0 Å². The van der Waals surface area contributed by atoms with E-state index in [1.165, 1.54) is 17.0 Å². The van der Waals surface area contributed by atoms with Crippen LogP contribution in [0.15, 0.2) is 48.5 Å². The van der Waals surface area contributed by atoms with Crippen LogP contribution < -0.4 is 4.90 Å². The minimum Gasteiger partial charge on any atom is -0.311 e. The van der Waals surface area contributed by atoms with Gasteiger partial charge in [0.25, 0.3) is 11.6 Å². The highest BCUT2D eigenvalue weighted by Crippen LogP contribution is 2.22. The first-order chi connectivity index (χ1) is 9.50. The Kier molecular flexibility index (Phi) is 3.79. The summed E-state index contributed by atoms with van der Waals surface area (Å²) in [6.07, 6.45) is 0. The largest absolute Gasteiger partial charge is 0.311 e. The molecular weight excluding hydrogens is 256 g/mol. The summed E-state index contributed by atoms with van der Waals surface area (Å²) < 4.78 is 0. The second-order valence-corrected chi connectivity index (χ2v) is 4.48. The molecule has 0 unspecified atom stereocenters. The Hall–Kier alpha value is -2.69. The van der Waals surface area contributed by atoms with E-state index < -0.39 is 10.8 Å². The van der Waals surface area contributed by atoms with Crippen LogP contribution in [0.2, 0.25) is 0 Å². The first-order valence-electron chi connectivity index (χ1n) is 6.09. The number of benzene rings is 2. The fourth-order valence-corrected chi connectivity index (χ4v) is 1.95. The molecule has 2 rings (SSSR count). The van der Waals surface area contributed by atoms with E-state index in [2.05, 4.69) is 0 Å². The van der Waals surface area contributed by atoms with Crippen LogP contribution >= 0.6 is 0 Å². The Balaban J connectivity index is 2.39. The van der Waals surface area contributed by atoms with Crippen LogP contribution in [0, 0.1) is 17.0 Å². The summed E-state index contributed by atoms with van der Waals surface area (Å²) >= 11 is 0. The van der Waals surface area contributed by atoms with Gasteiger partial charge < -0.3 is 4.90 Å². The minimum atomic E-state index is -0.544. The molecule has 0 radical (unpaired) electrons. The van der Waals surface area contributed by atoms with Gasteiger partial charge in [0.2, 0.25) is 0 Å². The molecular formula is C15H14N2O3. The normalized spacial score (nSPS) is 10.1. The van der Waals surface area contributed by atoms with Gasteiger partial charge in [-0.25, -0.2) is 0 Å². The molecule has 5 heteroatoms. The predicted molar refractivity (Wildman–Crippen MR) is 77.0 cm³/mol. The van der Waals surface area contributed by atoms with Crippen LogP contribution in [0.4, 0.5) is 11.4 Å². The summed E-state index contributed by atoms with van der Waals surface area (Å²) in [4.78, 5) is 24.2. The van der Waals surface area contributed by atoms with Crippen molar-refractivity contribution in [3.05, 3.63) is 69.8 Å². The number of amides is 1. The highest BCUT2D eigenvalue weighted by molar-refractivity contribution is 6.08. The summed E-state index contributed by atoms with van der Waals surface area (Å²) in [7, 11) is 1.60. The molecule has 0 N–H and O–H groups in total. The van der Waals surface area contributed by atoms with Crippen LogP contribution in [0.25, 0.3) is 0 Å². The van der Waals surface area contributed by atoms with Gasteiger partial charge in [0, 0.05) is 18.8 Å². The van der Waals surface area contributed by atoms with Crippen molar-refractivity contribution in [2.24, 2.45) is 0 Å². The maximum absolute atomic E-state index is 12.4. The molecule has 2 aromatic rings. The first kappa shape index (κ1) is 13.7. The maximum Gasteiger partial charge on any atom is 0.282 e. The van der Waals surface area contributed by atoms with Crippen molar-refractivity contribution in [2.45, 2.75) is 6.92 Å². The second-order valence-electron chi connectivity index (χ2n) is 4.48. The molecule has 0 saturated heterocycles. The number of hydrogen-bond donors (Lipinski definition) is 0.